The van der Waals surface area contributed by atoms with Gasteiger partial charge < -0.3 is 14.6 Å². The number of benzene rings is 1. The van der Waals surface area contributed by atoms with Gasteiger partial charge in [0.15, 0.2) is 0 Å². The lowest BCUT2D eigenvalue weighted by Gasteiger charge is -2.22. The van der Waals surface area contributed by atoms with Gasteiger partial charge in [0, 0.05) is 12.2 Å². The van der Waals surface area contributed by atoms with Crippen LogP contribution < -0.4 is 4.74 Å². The third kappa shape index (κ3) is 5.28. The van der Waals surface area contributed by atoms with E-state index in [2.05, 4.69) is 0 Å². The first-order chi connectivity index (χ1) is 10.5. The van der Waals surface area contributed by atoms with Crippen molar-refractivity contribution in [1.82, 2.24) is 0 Å². The molecule has 1 aromatic rings. The topological polar surface area (TPSA) is 55.8 Å². The van der Waals surface area contributed by atoms with Crippen LogP contribution in [-0.2, 0) is 9.53 Å². The predicted octanol–water partition coefficient (Wildman–Crippen LogP) is 3.17. The number of ether oxygens (including phenoxy) is 2. The average Bonchev–Trinajstić information content (AvgIpc) is 2.50. The Morgan fingerprint density at radius 3 is 2.68 bits per heavy atom. The van der Waals surface area contributed by atoms with E-state index >= 15 is 0 Å². The van der Waals surface area contributed by atoms with Crippen molar-refractivity contribution in [3.63, 3.8) is 0 Å². The molecule has 2 unspecified atom stereocenters. The lowest BCUT2D eigenvalue weighted by molar-refractivity contribution is -0.130. The molecule has 0 saturated carbocycles. The normalized spacial score (nSPS) is 19.4. The highest BCUT2D eigenvalue weighted by atomic mass is 16.5. The molecule has 4 nitrogen and oxygen atoms in total. The molecule has 1 N–H and O–H groups in total. The summed E-state index contributed by atoms with van der Waals surface area (Å²) in [4.78, 5) is 12.1. The van der Waals surface area contributed by atoms with Crippen LogP contribution in [0.4, 0.5) is 0 Å². The van der Waals surface area contributed by atoms with Crippen molar-refractivity contribution in [2.45, 2.75) is 51.7 Å². The highest BCUT2D eigenvalue weighted by molar-refractivity contribution is 5.90. The van der Waals surface area contributed by atoms with Crippen LogP contribution in [0.1, 0.15) is 38.2 Å². The fraction of sp³-hybridized carbons (Fsp3) is 0.500. The fourth-order valence-electron chi connectivity index (χ4n) is 2.33. The van der Waals surface area contributed by atoms with Crippen LogP contribution in [0.25, 0.3) is 0 Å². The van der Waals surface area contributed by atoms with Crippen molar-refractivity contribution >= 4 is 5.97 Å². The molecule has 0 heterocycles. The molecule has 0 amide bonds. The van der Waals surface area contributed by atoms with Crippen molar-refractivity contribution in [3.05, 3.63) is 41.5 Å². The van der Waals surface area contributed by atoms with E-state index in [4.69, 9.17) is 9.47 Å². The molecule has 22 heavy (non-hydrogen) atoms. The first-order valence-corrected chi connectivity index (χ1v) is 7.82. The van der Waals surface area contributed by atoms with Gasteiger partial charge >= 0.3 is 5.97 Å². The summed E-state index contributed by atoms with van der Waals surface area (Å²) in [5.74, 6) is 0.304. The van der Waals surface area contributed by atoms with Crippen molar-refractivity contribution in [2.24, 2.45) is 0 Å². The third-order valence-electron chi connectivity index (χ3n) is 3.75. The van der Waals surface area contributed by atoms with Crippen LogP contribution in [0, 0.1) is 6.92 Å². The van der Waals surface area contributed by atoms with Gasteiger partial charge in [0.1, 0.15) is 5.75 Å². The summed E-state index contributed by atoms with van der Waals surface area (Å²) < 4.78 is 11.1. The lowest BCUT2D eigenvalue weighted by atomic mass is 9.97. The third-order valence-corrected chi connectivity index (χ3v) is 3.75. The van der Waals surface area contributed by atoms with Gasteiger partial charge in [0.05, 0.1) is 12.2 Å². The van der Waals surface area contributed by atoms with E-state index in [9.17, 15) is 9.90 Å². The molecule has 0 aliphatic heterocycles. The summed E-state index contributed by atoms with van der Waals surface area (Å²) >= 11 is 0. The summed E-state index contributed by atoms with van der Waals surface area (Å²) in [5.41, 5.74) is 1.85. The Labute approximate surface area is 131 Å². The Hall–Kier alpha value is -1.65. The molecule has 0 saturated heterocycles. The summed E-state index contributed by atoms with van der Waals surface area (Å²) in [5, 5.41) is 9.20. The van der Waals surface area contributed by atoms with Crippen molar-refractivity contribution in [3.8, 4) is 5.75 Å². The summed E-state index contributed by atoms with van der Waals surface area (Å²) in [6.45, 7) is 4.30. The maximum Gasteiger partial charge on any atom is 0.339 e. The molecule has 2 atom stereocenters. The summed E-state index contributed by atoms with van der Waals surface area (Å²) in [7, 11) is 0. The average molecular weight is 304 g/mol. The Morgan fingerprint density at radius 1 is 1.36 bits per heavy atom. The van der Waals surface area contributed by atoms with Crippen molar-refractivity contribution < 1.29 is 19.4 Å². The van der Waals surface area contributed by atoms with Gasteiger partial charge in [-0.3, -0.25) is 0 Å². The zero-order valence-electron chi connectivity index (χ0n) is 13.2. The van der Waals surface area contributed by atoms with E-state index in [1.54, 1.807) is 19.1 Å². The minimum atomic E-state index is -0.334. The number of aryl methyl sites for hydroxylation is 1. The molecule has 0 bridgehead atoms. The summed E-state index contributed by atoms with van der Waals surface area (Å²) in [6, 6.07) is 7.45. The lowest BCUT2D eigenvalue weighted by Crippen LogP contribution is -2.22. The Kier molecular flexibility index (Phi) is 6.16. The zero-order valence-corrected chi connectivity index (χ0v) is 13.2. The van der Waals surface area contributed by atoms with E-state index in [0.29, 0.717) is 25.2 Å². The van der Waals surface area contributed by atoms with E-state index in [1.807, 2.05) is 25.1 Å². The second-order valence-electron chi connectivity index (χ2n) is 5.84. The standard InChI is InChI=1S/C18H24O4/c1-13-3-7-17(8-4-13)22-18(20)15-5-9-16(10-6-15)21-12-11-14(2)19/h3-5,7-8,14,16,19H,6,9-12H2,1-2H3. The molecule has 2 rings (SSSR count). The maximum atomic E-state index is 12.1. The van der Waals surface area contributed by atoms with E-state index in [-0.39, 0.29) is 18.2 Å². The predicted molar refractivity (Wildman–Crippen MR) is 84.8 cm³/mol. The van der Waals surface area contributed by atoms with Crippen LogP contribution >= 0.6 is 0 Å². The van der Waals surface area contributed by atoms with Gasteiger partial charge in [0.25, 0.3) is 0 Å². The van der Waals surface area contributed by atoms with Gasteiger partial charge in [-0.2, -0.15) is 0 Å². The molecule has 4 heteroatoms. The molecule has 0 fully saturated rings. The van der Waals surface area contributed by atoms with Gasteiger partial charge in [-0.15, -0.1) is 0 Å². The van der Waals surface area contributed by atoms with Crippen molar-refractivity contribution in [2.75, 3.05) is 6.61 Å². The SMILES string of the molecule is Cc1ccc(OC(=O)C2=CCC(OCCC(C)O)CC2)cc1. The second-order valence-corrected chi connectivity index (χ2v) is 5.84. The van der Waals surface area contributed by atoms with E-state index in [1.165, 1.54) is 0 Å². The molecule has 1 aromatic carbocycles. The Morgan fingerprint density at radius 2 is 2.09 bits per heavy atom. The number of hydrogen-bond donors (Lipinski definition) is 1. The van der Waals surface area contributed by atoms with E-state index in [0.717, 1.165) is 24.0 Å². The highest BCUT2D eigenvalue weighted by Gasteiger charge is 2.20. The molecule has 0 spiro atoms. The van der Waals surface area contributed by atoms with Crippen LogP contribution in [0.3, 0.4) is 0 Å². The number of esters is 1. The minimum absolute atomic E-state index is 0.134. The summed E-state index contributed by atoms with van der Waals surface area (Å²) in [6.07, 6.45) is 4.56. The van der Waals surface area contributed by atoms with Gasteiger partial charge in [-0.25, -0.2) is 4.79 Å². The second kappa shape index (κ2) is 8.11. The molecule has 0 aromatic heterocycles. The van der Waals surface area contributed by atoms with Crippen molar-refractivity contribution in [1.29, 1.82) is 0 Å². The monoisotopic (exact) mass is 304 g/mol. The van der Waals surface area contributed by atoms with Crippen LogP contribution in [-0.4, -0.2) is 29.9 Å². The van der Waals surface area contributed by atoms with E-state index < -0.39 is 0 Å². The number of carbonyl (C=O) groups excluding carboxylic acids is 1. The van der Waals surface area contributed by atoms with Gasteiger partial charge in [-0.1, -0.05) is 23.8 Å². The quantitative estimate of drug-likeness (QED) is 0.648. The minimum Gasteiger partial charge on any atom is -0.423 e. The molecule has 1 aliphatic rings. The molecule has 120 valence electrons. The smallest absolute Gasteiger partial charge is 0.339 e. The Bertz CT molecular complexity index is 516. The number of aliphatic hydroxyl groups is 1. The molecular weight excluding hydrogens is 280 g/mol. The van der Waals surface area contributed by atoms with Crippen LogP contribution in [0.15, 0.2) is 35.9 Å². The number of aliphatic hydroxyl groups excluding tert-OH is 1. The van der Waals surface area contributed by atoms with Crippen LogP contribution in [0.5, 0.6) is 5.75 Å². The molecular formula is C18H24O4. The maximum absolute atomic E-state index is 12.1. The zero-order chi connectivity index (χ0) is 15.9. The van der Waals surface area contributed by atoms with Gasteiger partial charge in [-0.05, 0) is 51.7 Å². The first kappa shape index (κ1) is 16.7. The first-order valence-electron chi connectivity index (χ1n) is 7.82. The highest BCUT2D eigenvalue weighted by Crippen LogP contribution is 2.23. The number of rotatable bonds is 6. The largest absolute Gasteiger partial charge is 0.423 e. The van der Waals surface area contributed by atoms with Gasteiger partial charge in [0.2, 0.25) is 0 Å². The number of hydrogen-bond acceptors (Lipinski definition) is 4. The Balaban J connectivity index is 1.80. The molecule has 1 aliphatic carbocycles. The van der Waals surface area contributed by atoms with Crippen LogP contribution in [0.2, 0.25) is 0 Å². The number of carbonyl (C=O) groups is 1. The fourth-order valence-corrected chi connectivity index (χ4v) is 2.33. The molecule has 0 radical (unpaired) electrons.